The Kier molecular flexibility index (Phi) is 4.85. The zero-order chi connectivity index (χ0) is 15.6. The van der Waals surface area contributed by atoms with Gasteiger partial charge < -0.3 is 5.73 Å². The first-order valence-electron chi connectivity index (χ1n) is 7.03. The number of nitrogen functional groups attached to an aromatic ring is 1. The van der Waals surface area contributed by atoms with E-state index in [0.717, 1.165) is 12.8 Å². The zero-order valence-electron chi connectivity index (χ0n) is 12.0. The predicted octanol–water partition coefficient (Wildman–Crippen LogP) is 1.52. The van der Waals surface area contributed by atoms with Crippen molar-refractivity contribution >= 4 is 15.5 Å². The minimum absolute atomic E-state index is 0.0209. The van der Waals surface area contributed by atoms with Crippen molar-refractivity contribution in [2.75, 3.05) is 12.0 Å². The van der Waals surface area contributed by atoms with Gasteiger partial charge in [-0.1, -0.05) is 6.42 Å². The average molecular weight is 315 g/mol. The molecule has 3 atom stereocenters. The number of benzene rings is 1. The van der Waals surface area contributed by atoms with Gasteiger partial charge in [0.25, 0.3) is 0 Å². The van der Waals surface area contributed by atoms with Gasteiger partial charge in [0, 0.05) is 11.9 Å². The molecular weight excluding hydrogens is 293 g/mol. The van der Waals surface area contributed by atoms with Crippen LogP contribution in [0.1, 0.15) is 37.3 Å². The highest BCUT2D eigenvalue weighted by Gasteiger charge is 2.34. The van der Waals surface area contributed by atoms with Crippen LogP contribution in [0.15, 0.2) is 18.2 Å². The van der Waals surface area contributed by atoms with E-state index < -0.39 is 9.84 Å². The molecule has 1 saturated carbocycles. The zero-order valence-corrected chi connectivity index (χ0v) is 12.9. The highest BCUT2D eigenvalue weighted by atomic mass is 32.2. The number of hydrazine groups is 1. The lowest BCUT2D eigenvalue weighted by Crippen LogP contribution is -2.38. The predicted molar refractivity (Wildman–Crippen MR) is 81.5 cm³/mol. The molecule has 21 heavy (non-hydrogen) atoms. The second kappa shape index (κ2) is 6.29. The van der Waals surface area contributed by atoms with E-state index in [4.69, 9.17) is 11.6 Å². The molecule has 3 unspecified atom stereocenters. The Morgan fingerprint density at radius 1 is 1.38 bits per heavy atom. The summed E-state index contributed by atoms with van der Waals surface area (Å²) in [6, 6.07) is 3.83. The van der Waals surface area contributed by atoms with Crippen LogP contribution in [0.3, 0.4) is 0 Å². The summed E-state index contributed by atoms with van der Waals surface area (Å²) in [4.78, 5) is 0. The van der Waals surface area contributed by atoms with E-state index in [0.29, 0.717) is 24.1 Å². The molecule has 0 bridgehead atoms. The van der Waals surface area contributed by atoms with Crippen molar-refractivity contribution in [1.82, 2.24) is 5.43 Å². The Hall–Kier alpha value is -1.18. The SMILES string of the molecule is CS(=O)(=O)C1CCCC(C(NN)c2cc(F)ccc2N)C1. The molecular formula is C14H22FN3O2S. The number of nitrogens with one attached hydrogen (secondary N) is 1. The molecule has 0 heterocycles. The fourth-order valence-electron chi connectivity index (χ4n) is 3.17. The van der Waals surface area contributed by atoms with E-state index >= 15 is 0 Å². The lowest BCUT2D eigenvalue weighted by molar-refractivity contribution is 0.274. The third-order valence-electron chi connectivity index (χ3n) is 4.31. The standard InChI is InChI=1S/C14H22FN3O2S/c1-21(19,20)11-4-2-3-9(7-11)14(18-17)12-8-10(15)5-6-13(12)16/h5-6,8-9,11,14,18H,2-4,7,16-17H2,1H3. The second-order valence-electron chi connectivity index (χ2n) is 5.80. The molecule has 2 rings (SSSR count). The van der Waals surface area contributed by atoms with Crippen LogP contribution in [0.25, 0.3) is 0 Å². The number of nitrogens with two attached hydrogens (primary N) is 2. The molecule has 1 aromatic carbocycles. The topological polar surface area (TPSA) is 98.2 Å². The fourth-order valence-corrected chi connectivity index (χ4v) is 4.36. The Labute approximate surface area is 124 Å². The van der Waals surface area contributed by atoms with Crippen molar-refractivity contribution < 1.29 is 12.8 Å². The molecule has 7 heteroatoms. The minimum atomic E-state index is -3.07. The number of hydrogen-bond donors (Lipinski definition) is 3. The Bertz CT molecular complexity index is 606. The van der Waals surface area contributed by atoms with Crippen LogP contribution in [-0.4, -0.2) is 19.9 Å². The molecule has 0 aliphatic heterocycles. The molecule has 1 aromatic rings. The molecule has 1 aliphatic rings. The van der Waals surface area contributed by atoms with Crippen LogP contribution in [0, 0.1) is 11.7 Å². The average Bonchev–Trinajstić information content (AvgIpc) is 2.43. The molecule has 0 saturated heterocycles. The highest BCUT2D eigenvalue weighted by molar-refractivity contribution is 7.91. The first-order chi connectivity index (χ1) is 9.82. The molecule has 1 fully saturated rings. The molecule has 5 nitrogen and oxygen atoms in total. The summed E-state index contributed by atoms with van der Waals surface area (Å²) in [7, 11) is -3.07. The van der Waals surface area contributed by atoms with E-state index in [2.05, 4.69) is 5.43 Å². The maximum Gasteiger partial charge on any atom is 0.150 e. The van der Waals surface area contributed by atoms with Crippen molar-refractivity contribution in [2.45, 2.75) is 37.0 Å². The number of halogens is 1. The maximum atomic E-state index is 13.5. The van der Waals surface area contributed by atoms with E-state index in [1.165, 1.54) is 24.5 Å². The molecule has 0 amide bonds. The summed E-state index contributed by atoms with van der Waals surface area (Å²) in [6.45, 7) is 0. The summed E-state index contributed by atoms with van der Waals surface area (Å²) in [5.41, 5.74) is 9.65. The first-order valence-corrected chi connectivity index (χ1v) is 8.98. The largest absolute Gasteiger partial charge is 0.398 e. The summed E-state index contributed by atoms with van der Waals surface area (Å²) in [5, 5.41) is -0.359. The molecule has 5 N–H and O–H groups in total. The molecule has 118 valence electrons. The normalized spacial score (nSPS) is 24.7. The molecule has 1 aliphatic carbocycles. The van der Waals surface area contributed by atoms with Crippen LogP contribution >= 0.6 is 0 Å². The van der Waals surface area contributed by atoms with Gasteiger partial charge in [-0.3, -0.25) is 11.3 Å². The van der Waals surface area contributed by atoms with Crippen molar-refractivity contribution in [2.24, 2.45) is 11.8 Å². The number of anilines is 1. The second-order valence-corrected chi connectivity index (χ2v) is 8.12. The summed E-state index contributed by atoms with van der Waals surface area (Å²) >= 11 is 0. The first kappa shape index (κ1) is 16.2. The Balaban J connectivity index is 2.27. The molecule has 0 spiro atoms. The molecule has 0 aromatic heterocycles. The fraction of sp³-hybridized carbons (Fsp3) is 0.571. The van der Waals surface area contributed by atoms with Gasteiger partial charge in [0.1, 0.15) is 15.7 Å². The Morgan fingerprint density at radius 3 is 2.71 bits per heavy atom. The van der Waals surface area contributed by atoms with Gasteiger partial charge in [-0.15, -0.1) is 0 Å². The number of sulfone groups is 1. The van der Waals surface area contributed by atoms with Crippen molar-refractivity contribution in [3.05, 3.63) is 29.6 Å². The van der Waals surface area contributed by atoms with E-state index in [-0.39, 0.29) is 23.0 Å². The smallest absolute Gasteiger partial charge is 0.150 e. The summed E-state index contributed by atoms with van der Waals surface area (Å²) < 4.78 is 37.0. The van der Waals surface area contributed by atoms with Crippen LogP contribution in [-0.2, 0) is 9.84 Å². The highest BCUT2D eigenvalue weighted by Crippen LogP contribution is 2.38. The van der Waals surface area contributed by atoms with Crippen LogP contribution in [0.2, 0.25) is 0 Å². The van der Waals surface area contributed by atoms with Gasteiger partial charge in [-0.05, 0) is 48.9 Å². The number of hydrogen-bond acceptors (Lipinski definition) is 5. The monoisotopic (exact) mass is 315 g/mol. The lowest BCUT2D eigenvalue weighted by Gasteiger charge is -2.34. The van der Waals surface area contributed by atoms with Gasteiger partial charge in [-0.25, -0.2) is 12.8 Å². The summed E-state index contributed by atoms with van der Waals surface area (Å²) in [5.74, 6) is 5.27. The van der Waals surface area contributed by atoms with E-state index in [1.54, 1.807) is 0 Å². The van der Waals surface area contributed by atoms with Crippen molar-refractivity contribution in [3.63, 3.8) is 0 Å². The van der Waals surface area contributed by atoms with Gasteiger partial charge >= 0.3 is 0 Å². The van der Waals surface area contributed by atoms with Crippen LogP contribution in [0.5, 0.6) is 0 Å². The van der Waals surface area contributed by atoms with E-state index in [1.807, 2.05) is 0 Å². The van der Waals surface area contributed by atoms with Crippen molar-refractivity contribution in [3.8, 4) is 0 Å². The Morgan fingerprint density at radius 2 is 2.10 bits per heavy atom. The van der Waals surface area contributed by atoms with Gasteiger partial charge in [0.15, 0.2) is 0 Å². The lowest BCUT2D eigenvalue weighted by atomic mass is 9.80. The third-order valence-corrected chi connectivity index (χ3v) is 5.95. The quantitative estimate of drug-likeness (QED) is 0.444. The maximum absolute atomic E-state index is 13.5. The van der Waals surface area contributed by atoms with Gasteiger partial charge in [-0.2, -0.15) is 0 Å². The van der Waals surface area contributed by atoms with Crippen LogP contribution < -0.4 is 17.0 Å². The van der Waals surface area contributed by atoms with Crippen LogP contribution in [0.4, 0.5) is 10.1 Å². The van der Waals surface area contributed by atoms with Gasteiger partial charge in [0.05, 0.1) is 11.3 Å². The third kappa shape index (κ3) is 3.72. The summed E-state index contributed by atoms with van der Waals surface area (Å²) in [6.07, 6.45) is 4.11. The van der Waals surface area contributed by atoms with Gasteiger partial charge in [0.2, 0.25) is 0 Å². The minimum Gasteiger partial charge on any atom is -0.398 e. The van der Waals surface area contributed by atoms with E-state index in [9.17, 15) is 12.8 Å². The van der Waals surface area contributed by atoms with Crippen molar-refractivity contribution in [1.29, 1.82) is 0 Å². The number of rotatable bonds is 4. The molecule has 0 radical (unpaired) electrons.